The van der Waals surface area contributed by atoms with Crippen LogP contribution >= 0.6 is 11.3 Å². The van der Waals surface area contributed by atoms with E-state index in [0.29, 0.717) is 43.5 Å². The minimum absolute atomic E-state index is 0.0633. The predicted octanol–water partition coefficient (Wildman–Crippen LogP) is 3.04. The number of hydrogen-bond donors (Lipinski definition) is 1. The number of thiazole rings is 1. The molecule has 1 aromatic heterocycles. The molecule has 0 spiro atoms. The maximum absolute atomic E-state index is 13.0. The van der Waals surface area contributed by atoms with Crippen molar-refractivity contribution in [3.8, 4) is 5.75 Å². The molecule has 39 heavy (non-hydrogen) atoms. The summed E-state index contributed by atoms with van der Waals surface area (Å²) in [6.45, 7) is 7.42. The maximum atomic E-state index is 13.0. The lowest BCUT2D eigenvalue weighted by molar-refractivity contribution is -0.134. The van der Waals surface area contributed by atoms with Crippen LogP contribution in [0.25, 0.3) is 0 Å². The van der Waals surface area contributed by atoms with Crippen molar-refractivity contribution in [3.05, 3.63) is 71.2 Å². The standard InChI is InChI=1S/C29H36N6O3S/c1-38-25-9-7-24(8-10-25)30-29-31-26(22-39-29)28(37)35-19-15-33(16-20-35)21-27(36)34-17-13-32(14-18-34)12-11-23-5-3-2-4-6-23/h2-10,22H,11-21H2,1H3,(H,30,31). The highest BCUT2D eigenvalue weighted by Crippen LogP contribution is 2.23. The number of anilines is 2. The van der Waals surface area contributed by atoms with Crippen LogP contribution in [0.5, 0.6) is 5.75 Å². The molecule has 3 heterocycles. The molecule has 0 radical (unpaired) electrons. The average molecular weight is 549 g/mol. The predicted molar refractivity (Wildman–Crippen MR) is 154 cm³/mol. The van der Waals surface area contributed by atoms with Gasteiger partial charge in [0.2, 0.25) is 5.91 Å². The summed E-state index contributed by atoms with van der Waals surface area (Å²) >= 11 is 1.41. The summed E-state index contributed by atoms with van der Waals surface area (Å²) in [7, 11) is 1.63. The Morgan fingerprint density at radius 2 is 1.54 bits per heavy atom. The number of nitrogens with one attached hydrogen (secondary N) is 1. The number of benzene rings is 2. The Morgan fingerprint density at radius 1 is 0.872 bits per heavy atom. The number of rotatable bonds is 9. The molecule has 1 N–H and O–H groups in total. The van der Waals surface area contributed by atoms with Crippen LogP contribution in [-0.2, 0) is 11.2 Å². The van der Waals surface area contributed by atoms with E-state index in [2.05, 4.69) is 44.4 Å². The molecule has 0 aliphatic carbocycles. The molecule has 2 aliphatic rings. The molecule has 3 aromatic rings. The number of aromatic nitrogens is 1. The van der Waals surface area contributed by atoms with E-state index in [-0.39, 0.29) is 11.8 Å². The first-order valence-electron chi connectivity index (χ1n) is 13.5. The van der Waals surface area contributed by atoms with Crippen molar-refractivity contribution in [2.75, 3.05) is 77.9 Å². The fraction of sp³-hybridized carbons (Fsp3) is 0.414. The summed E-state index contributed by atoms with van der Waals surface area (Å²) in [5.74, 6) is 0.909. The number of methoxy groups -OCH3 is 1. The lowest BCUT2D eigenvalue weighted by atomic mass is 10.1. The fourth-order valence-corrected chi connectivity index (χ4v) is 5.65. The first kappa shape index (κ1) is 27.1. The third-order valence-electron chi connectivity index (χ3n) is 7.37. The van der Waals surface area contributed by atoms with Crippen molar-refractivity contribution in [1.82, 2.24) is 24.6 Å². The summed E-state index contributed by atoms with van der Waals surface area (Å²) < 4.78 is 5.19. The quantitative estimate of drug-likeness (QED) is 0.440. The molecule has 2 aliphatic heterocycles. The number of ether oxygens (including phenoxy) is 1. The summed E-state index contributed by atoms with van der Waals surface area (Å²) in [6, 6.07) is 18.1. The van der Waals surface area contributed by atoms with Crippen LogP contribution < -0.4 is 10.1 Å². The Hall–Kier alpha value is -3.47. The van der Waals surface area contributed by atoms with E-state index in [4.69, 9.17) is 4.74 Å². The van der Waals surface area contributed by atoms with E-state index in [9.17, 15) is 9.59 Å². The van der Waals surface area contributed by atoms with Gasteiger partial charge in [-0.25, -0.2) is 4.98 Å². The van der Waals surface area contributed by atoms with E-state index in [1.54, 1.807) is 12.5 Å². The molecule has 2 aromatic carbocycles. The molecule has 2 fully saturated rings. The third-order valence-corrected chi connectivity index (χ3v) is 8.13. The van der Waals surface area contributed by atoms with Crippen LogP contribution in [0.3, 0.4) is 0 Å². The molecule has 0 bridgehead atoms. The minimum Gasteiger partial charge on any atom is -0.497 e. The highest BCUT2D eigenvalue weighted by atomic mass is 32.1. The van der Waals surface area contributed by atoms with Crippen LogP contribution in [0, 0.1) is 0 Å². The number of nitrogens with zero attached hydrogens (tertiary/aromatic N) is 5. The Labute approximate surface area is 234 Å². The Balaban J connectivity index is 1.02. The largest absolute Gasteiger partial charge is 0.497 e. The summed E-state index contributed by atoms with van der Waals surface area (Å²) in [5.41, 5.74) is 2.69. The first-order chi connectivity index (χ1) is 19.1. The van der Waals surface area contributed by atoms with Gasteiger partial charge < -0.3 is 19.9 Å². The van der Waals surface area contributed by atoms with E-state index in [1.165, 1.54) is 16.9 Å². The molecular weight excluding hydrogens is 512 g/mol. The van der Waals surface area contributed by atoms with Crippen LogP contribution in [0.1, 0.15) is 16.1 Å². The van der Waals surface area contributed by atoms with E-state index >= 15 is 0 Å². The lowest BCUT2D eigenvalue weighted by Gasteiger charge is -2.38. The summed E-state index contributed by atoms with van der Waals surface area (Å²) in [4.78, 5) is 38.9. The van der Waals surface area contributed by atoms with Gasteiger partial charge in [-0.1, -0.05) is 30.3 Å². The van der Waals surface area contributed by atoms with E-state index < -0.39 is 0 Å². The molecule has 0 saturated carbocycles. The number of piperazine rings is 2. The average Bonchev–Trinajstić information content (AvgIpc) is 3.46. The van der Waals surface area contributed by atoms with Crippen molar-refractivity contribution in [2.45, 2.75) is 6.42 Å². The second-order valence-corrected chi connectivity index (χ2v) is 10.8. The lowest BCUT2D eigenvalue weighted by Crippen LogP contribution is -2.54. The Bertz CT molecular complexity index is 1220. The molecule has 206 valence electrons. The fourth-order valence-electron chi connectivity index (χ4n) is 4.94. The van der Waals surface area contributed by atoms with Gasteiger partial charge in [0.1, 0.15) is 11.4 Å². The van der Waals surface area contributed by atoms with Gasteiger partial charge in [-0.2, -0.15) is 0 Å². The Kier molecular flexibility index (Phi) is 9.08. The third kappa shape index (κ3) is 7.35. The van der Waals surface area contributed by atoms with Crippen molar-refractivity contribution in [3.63, 3.8) is 0 Å². The van der Waals surface area contributed by atoms with E-state index in [1.807, 2.05) is 40.1 Å². The van der Waals surface area contributed by atoms with Gasteiger partial charge in [0.25, 0.3) is 5.91 Å². The highest BCUT2D eigenvalue weighted by molar-refractivity contribution is 7.14. The zero-order chi connectivity index (χ0) is 27.0. The first-order valence-corrected chi connectivity index (χ1v) is 14.4. The number of carbonyl (C=O) groups is 2. The van der Waals surface area contributed by atoms with Gasteiger partial charge in [-0.15, -0.1) is 11.3 Å². The molecular formula is C29H36N6O3S. The molecule has 2 amide bonds. The molecule has 0 unspecified atom stereocenters. The normalized spacial score (nSPS) is 16.7. The second-order valence-electron chi connectivity index (χ2n) is 9.92. The SMILES string of the molecule is COc1ccc(Nc2nc(C(=O)N3CCN(CC(=O)N4CCN(CCc5ccccc5)CC4)CC3)cs2)cc1. The highest BCUT2D eigenvalue weighted by Gasteiger charge is 2.27. The minimum atomic E-state index is -0.0633. The smallest absolute Gasteiger partial charge is 0.273 e. The van der Waals surface area contributed by atoms with Crippen molar-refractivity contribution in [1.29, 1.82) is 0 Å². The Morgan fingerprint density at radius 3 is 2.23 bits per heavy atom. The zero-order valence-corrected chi connectivity index (χ0v) is 23.2. The topological polar surface area (TPSA) is 81.2 Å². The number of hydrogen-bond acceptors (Lipinski definition) is 8. The van der Waals surface area contributed by atoms with Gasteiger partial charge in [-0.05, 0) is 36.2 Å². The second kappa shape index (κ2) is 13.1. The van der Waals surface area contributed by atoms with Gasteiger partial charge in [0, 0.05) is 70.0 Å². The molecule has 10 heteroatoms. The monoisotopic (exact) mass is 548 g/mol. The van der Waals surface area contributed by atoms with E-state index in [0.717, 1.165) is 50.6 Å². The van der Waals surface area contributed by atoms with Crippen LogP contribution in [0.4, 0.5) is 10.8 Å². The van der Waals surface area contributed by atoms with Crippen LogP contribution in [-0.4, -0.2) is 109 Å². The summed E-state index contributed by atoms with van der Waals surface area (Å²) in [5, 5.41) is 5.71. The molecule has 5 rings (SSSR count). The van der Waals surface area contributed by atoms with Crippen molar-refractivity contribution in [2.24, 2.45) is 0 Å². The van der Waals surface area contributed by atoms with Gasteiger partial charge in [0.05, 0.1) is 13.7 Å². The van der Waals surface area contributed by atoms with Gasteiger partial charge in [-0.3, -0.25) is 19.4 Å². The number of carbonyl (C=O) groups excluding carboxylic acids is 2. The molecule has 0 atom stereocenters. The van der Waals surface area contributed by atoms with Crippen molar-refractivity contribution >= 4 is 34.0 Å². The summed E-state index contributed by atoms with van der Waals surface area (Å²) in [6.07, 6.45) is 1.04. The van der Waals surface area contributed by atoms with Crippen LogP contribution in [0.15, 0.2) is 60.0 Å². The number of amides is 2. The molecule has 2 saturated heterocycles. The maximum Gasteiger partial charge on any atom is 0.273 e. The zero-order valence-electron chi connectivity index (χ0n) is 22.4. The molecule has 9 nitrogen and oxygen atoms in total. The van der Waals surface area contributed by atoms with Gasteiger partial charge in [0.15, 0.2) is 5.13 Å². The van der Waals surface area contributed by atoms with Crippen LogP contribution in [0.2, 0.25) is 0 Å². The van der Waals surface area contributed by atoms with Crippen molar-refractivity contribution < 1.29 is 14.3 Å². The van der Waals surface area contributed by atoms with Gasteiger partial charge >= 0.3 is 0 Å².